The van der Waals surface area contributed by atoms with Gasteiger partial charge in [-0.1, -0.05) is 0 Å². The van der Waals surface area contributed by atoms with Crippen LogP contribution in [-0.4, -0.2) is 29.6 Å². The molecule has 0 amide bonds. The van der Waals surface area contributed by atoms with Crippen LogP contribution in [0.4, 0.5) is 15.8 Å². The first kappa shape index (κ1) is 9.58. The maximum Gasteiger partial charge on any atom is 0.166 e. The fourth-order valence-electron chi connectivity index (χ4n) is 1.56. The lowest BCUT2D eigenvalue weighted by atomic mass is 10.3. The molecular formula is C9H12FN3S. The van der Waals surface area contributed by atoms with Gasteiger partial charge < -0.3 is 10.6 Å². The largest absolute Gasteiger partial charge is 0.396 e. The van der Waals surface area contributed by atoms with Crippen molar-refractivity contribution in [1.29, 1.82) is 0 Å². The maximum atomic E-state index is 13.4. The molecule has 1 aliphatic heterocycles. The summed E-state index contributed by atoms with van der Waals surface area (Å²) >= 11 is 1.88. The molecule has 1 aromatic rings. The molecule has 3 nitrogen and oxygen atoms in total. The minimum Gasteiger partial charge on any atom is -0.396 e. The maximum absolute atomic E-state index is 13.4. The lowest BCUT2D eigenvalue weighted by Crippen LogP contribution is -2.33. The molecule has 5 heteroatoms. The van der Waals surface area contributed by atoms with E-state index in [-0.39, 0.29) is 5.82 Å². The van der Waals surface area contributed by atoms with Crippen LogP contribution in [-0.2, 0) is 0 Å². The van der Waals surface area contributed by atoms with Gasteiger partial charge in [-0.2, -0.15) is 11.8 Å². The number of nitrogens with zero attached hydrogens (tertiary/aromatic N) is 2. The number of halogens is 1. The number of anilines is 2. The Morgan fingerprint density at radius 1 is 1.36 bits per heavy atom. The predicted octanol–water partition coefficient (Wildman–Crippen LogP) is 1.36. The normalized spacial score (nSPS) is 17.1. The van der Waals surface area contributed by atoms with Crippen molar-refractivity contribution in [3.05, 3.63) is 18.2 Å². The third-order valence-corrected chi connectivity index (χ3v) is 3.17. The fraction of sp³-hybridized carbons (Fsp3) is 0.444. The zero-order valence-electron chi connectivity index (χ0n) is 7.74. The summed E-state index contributed by atoms with van der Waals surface area (Å²) in [6, 6.07) is 0. The minimum atomic E-state index is -0.322. The summed E-state index contributed by atoms with van der Waals surface area (Å²) in [7, 11) is 0. The second-order valence-corrected chi connectivity index (χ2v) is 4.38. The van der Waals surface area contributed by atoms with Gasteiger partial charge in [-0.15, -0.1) is 0 Å². The van der Waals surface area contributed by atoms with Gasteiger partial charge in [-0.25, -0.2) is 4.39 Å². The Bertz CT molecular complexity index is 306. The van der Waals surface area contributed by atoms with E-state index in [0.29, 0.717) is 11.4 Å². The minimum absolute atomic E-state index is 0.322. The van der Waals surface area contributed by atoms with Crippen molar-refractivity contribution in [3.8, 4) is 0 Å². The van der Waals surface area contributed by atoms with Crippen LogP contribution in [0.2, 0.25) is 0 Å². The van der Waals surface area contributed by atoms with E-state index in [2.05, 4.69) is 4.98 Å². The van der Waals surface area contributed by atoms with E-state index in [4.69, 9.17) is 5.73 Å². The van der Waals surface area contributed by atoms with E-state index in [1.165, 1.54) is 12.4 Å². The highest BCUT2D eigenvalue weighted by atomic mass is 32.2. The van der Waals surface area contributed by atoms with Gasteiger partial charge in [-0.3, -0.25) is 4.98 Å². The molecule has 0 aromatic carbocycles. The first-order chi connectivity index (χ1) is 6.79. The van der Waals surface area contributed by atoms with Crippen molar-refractivity contribution >= 4 is 23.1 Å². The Labute approximate surface area is 86.5 Å². The summed E-state index contributed by atoms with van der Waals surface area (Å²) in [6.07, 6.45) is 2.72. The first-order valence-corrected chi connectivity index (χ1v) is 5.66. The van der Waals surface area contributed by atoms with Crippen molar-refractivity contribution in [2.75, 3.05) is 35.2 Å². The molecule has 0 bridgehead atoms. The molecule has 2 rings (SSSR count). The summed E-state index contributed by atoms with van der Waals surface area (Å²) in [5.74, 6) is 1.74. The molecule has 2 heterocycles. The summed E-state index contributed by atoms with van der Waals surface area (Å²) in [6.45, 7) is 1.71. The van der Waals surface area contributed by atoms with Crippen LogP contribution in [0, 0.1) is 5.82 Å². The zero-order chi connectivity index (χ0) is 9.97. The quantitative estimate of drug-likeness (QED) is 0.764. The topological polar surface area (TPSA) is 42.1 Å². The van der Waals surface area contributed by atoms with Gasteiger partial charge in [-0.05, 0) is 0 Å². The smallest absolute Gasteiger partial charge is 0.166 e. The molecule has 14 heavy (non-hydrogen) atoms. The number of pyridine rings is 1. The van der Waals surface area contributed by atoms with Crippen molar-refractivity contribution in [3.63, 3.8) is 0 Å². The lowest BCUT2D eigenvalue weighted by molar-refractivity contribution is 0.614. The number of nitrogens with two attached hydrogens (primary N) is 1. The molecule has 0 aliphatic carbocycles. The number of hydrogen-bond acceptors (Lipinski definition) is 4. The van der Waals surface area contributed by atoms with E-state index >= 15 is 0 Å². The first-order valence-electron chi connectivity index (χ1n) is 4.50. The fourth-order valence-corrected chi connectivity index (χ4v) is 2.47. The van der Waals surface area contributed by atoms with Crippen molar-refractivity contribution in [2.24, 2.45) is 0 Å². The summed E-state index contributed by atoms with van der Waals surface area (Å²) < 4.78 is 13.4. The standard InChI is InChI=1S/C9H12FN3S/c10-7-5-12-6-8(11)9(7)13-1-3-14-4-2-13/h5-6H,1-4,11H2. The van der Waals surface area contributed by atoms with E-state index in [9.17, 15) is 4.39 Å². The highest BCUT2D eigenvalue weighted by Gasteiger charge is 2.17. The van der Waals surface area contributed by atoms with Gasteiger partial charge in [0.15, 0.2) is 5.82 Å². The van der Waals surface area contributed by atoms with E-state index in [1.807, 2.05) is 16.7 Å². The van der Waals surface area contributed by atoms with Crippen molar-refractivity contribution in [2.45, 2.75) is 0 Å². The third-order valence-electron chi connectivity index (χ3n) is 2.23. The van der Waals surface area contributed by atoms with Gasteiger partial charge >= 0.3 is 0 Å². The number of thioether (sulfide) groups is 1. The summed E-state index contributed by atoms with van der Waals surface area (Å²) in [5.41, 5.74) is 6.64. The molecule has 2 N–H and O–H groups in total. The van der Waals surface area contributed by atoms with Gasteiger partial charge in [0.1, 0.15) is 0 Å². The highest BCUT2D eigenvalue weighted by molar-refractivity contribution is 7.99. The summed E-state index contributed by atoms with van der Waals surface area (Å²) in [4.78, 5) is 5.70. The molecule has 0 atom stereocenters. The van der Waals surface area contributed by atoms with Crippen molar-refractivity contribution < 1.29 is 4.39 Å². The number of aromatic nitrogens is 1. The van der Waals surface area contributed by atoms with Crippen molar-refractivity contribution in [1.82, 2.24) is 4.98 Å². The third kappa shape index (κ3) is 1.77. The molecule has 0 spiro atoms. The second-order valence-electron chi connectivity index (χ2n) is 3.16. The van der Waals surface area contributed by atoms with E-state index < -0.39 is 0 Å². The SMILES string of the molecule is Nc1cncc(F)c1N1CCSCC1. The van der Waals surface area contributed by atoms with Crippen LogP contribution in [0.1, 0.15) is 0 Å². The van der Waals surface area contributed by atoms with Gasteiger partial charge in [0.05, 0.1) is 23.8 Å². The predicted molar refractivity (Wildman–Crippen MR) is 58.1 cm³/mol. The van der Waals surface area contributed by atoms with Crippen LogP contribution in [0.5, 0.6) is 0 Å². The average Bonchev–Trinajstić information content (AvgIpc) is 2.19. The number of nitrogen functional groups attached to an aromatic ring is 1. The Morgan fingerprint density at radius 3 is 2.71 bits per heavy atom. The van der Waals surface area contributed by atoms with Crippen LogP contribution in [0.25, 0.3) is 0 Å². The Balaban J connectivity index is 2.29. The number of rotatable bonds is 1. The van der Waals surface area contributed by atoms with E-state index in [0.717, 1.165) is 24.6 Å². The van der Waals surface area contributed by atoms with Gasteiger partial charge in [0, 0.05) is 24.6 Å². The molecule has 0 radical (unpaired) electrons. The molecule has 1 fully saturated rings. The highest BCUT2D eigenvalue weighted by Crippen LogP contribution is 2.27. The molecule has 0 unspecified atom stereocenters. The Morgan fingerprint density at radius 2 is 2.07 bits per heavy atom. The van der Waals surface area contributed by atoms with Gasteiger partial charge in [0.2, 0.25) is 0 Å². The molecule has 1 aromatic heterocycles. The van der Waals surface area contributed by atoms with Gasteiger partial charge in [0.25, 0.3) is 0 Å². The van der Waals surface area contributed by atoms with Crippen LogP contribution >= 0.6 is 11.8 Å². The summed E-state index contributed by atoms with van der Waals surface area (Å²) in [5, 5.41) is 0. The Kier molecular flexibility index (Phi) is 2.77. The Hall–Kier alpha value is -0.970. The average molecular weight is 213 g/mol. The molecule has 1 saturated heterocycles. The lowest BCUT2D eigenvalue weighted by Gasteiger charge is -2.29. The molecular weight excluding hydrogens is 201 g/mol. The number of hydrogen-bond donors (Lipinski definition) is 1. The van der Waals surface area contributed by atoms with Crippen LogP contribution in [0.3, 0.4) is 0 Å². The molecule has 0 saturated carbocycles. The van der Waals surface area contributed by atoms with Crippen LogP contribution < -0.4 is 10.6 Å². The van der Waals surface area contributed by atoms with Crippen LogP contribution in [0.15, 0.2) is 12.4 Å². The van der Waals surface area contributed by atoms with E-state index in [1.54, 1.807) is 0 Å². The monoisotopic (exact) mass is 213 g/mol. The molecule has 1 aliphatic rings. The zero-order valence-corrected chi connectivity index (χ0v) is 8.56. The molecule has 76 valence electrons. The second kappa shape index (κ2) is 4.04.